The lowest BCUT2D eigenvalue weighted by molar-refractivity contribution is -0.134. The third-order valence-corrected chi connectivity index (χ3v) is 5.41. The van der Waals surface area contributed by atoms with Crippen LogP contribution in [-0.4, -0.2) is 16.4 Å². The SMILES string of the molecule is O=C1CCC(c2cccc(-c3ccc(-n4c(F)cccc4=O)cc3)c2Cl)C(=O)N1. The second kappa shape index (κ2) is 7.64. The summed E-state index contributed by atoms with van der Waals surface area (Å²) in [5, 5.41) is 2.77. The molecule has 7 heteroatoms. The minimum Gasteiger partial charge on any atom is -0.296 e. The first kappa shape index (κ1) is 19.1. The fourth-order valence-corrected chi connectivity index (χ4v) is 3.90. The lowest BCUT2D eigenvalue weighted by atomic mass is 9.88. The molecular weight excluding hydrogens is 395 g/mol. The molecule has 1 aromatic heterocycles. The Hall–Kier alpha value is -3.25. The lowest BCUT2D eigenvalue weighted by Crippen LogP contribution is -2.39. The summed E-state index contributed by atoms with van der Waals surface area (Å²) in [4.78, 5) is 35.6. The summed E-state index contributed by atoms with van der Waals surface area (Å²) in [6, 6.07) is 16.0. The van der Waals surface area contributed by atoms with Crippen molar-refractivity contribution in [1.29, 1.82) is 0 Å². The topological polar surface area (TPSA) is 68.2 Å². The molecule has 2 amide bonds. The van der Waals surface area contributed by atoms with Gasteiger partial charge in [-0.3, -0.25) is 24.3 Å². The maximum atomic E-state index is 14.0. The van der Waals surface area contributed by atoms with Crippen LogP contribution in [0.2, 0.25) is 5.02 Å². The molecule has 0 radical (unpaired) electrons. The van der Waals surface area contributed by atoms with Crippen LogP contribution in [-0.2, 0) is 9.59 Å². The summed E-state index contributed by atoms with van der Waals surface area (Å²) in [6.07, 6.45) is 0.673. The Morgan fingerprint density at radius 2 is 1.69 bits per heavy atom. The highest BCUT2D eigenvalue weighted by atomic mass is 35.5. The van der Waals surface area contributed by atoms with Crippen LogP contribution in [0.4, 0.5) is 4.39 Å². The Labute approximate surface area is 170 Å². The van der Waals surface area contributed by atoms with Crippen molar-refractivity contribution < 1.29 is 14.0 Å². The number of benzene rings is 2. The third kappa shape index (κ3) is 3.59. The number of hydrogen-bond acceptors (Lipinski definition) is 3. The monoisotopic (exact) mass is 410 g/mol. The van der Waals surface area contributed by atoms with E-state index in [1.807, 2.05) is 6.07 Å². The van der Waals surface area contributed by atoms with Gasteiger partial charge in [-0.2, -0.15) is 4.39 Å². The number of nitrogens with zero attached hydrogens (tertiary/aromatic N) is 1. The van der Waals surface area contributed by atoms with E-state index in [1.54, 1.807) is 36.4 Å². The molecule has 1 fully saturated rings. The van der Waals surface area contributed by atoms with E-state index in [2.05, 4.69) is 5.32 Å². The lowest BCUT2D eigenvalue weighted by Gasteiger charge is -2.23. The minimum absolute atomic E-state index is 0.267. The van der Waals surface area contributed by atoms with Gasteiger partial charge in [-0.1, -0.05) is 48.0 Å². The van der Waals surface area contributed by atoms with Crippen molar-refractivity contribution in [3.63, 3.8) is 0 Å². The van der Waals surface area contributed by atoms with Crippen LogP contribution in [0, 0.1) is 5.95 Å². The molecule has 1 unspecified atom stereocenters. The third-order valence-electron chi connectivity index (χ3n) is 4.99. The second-order valence-corrected chi connectivity index (χ2v) is 7.16. The van der Waals surface area contributed by atoms with Gasteiger partial charge >= 0.3 is 0 Å². The molecule has 3 aromatic rings. The summed E-state index contributed by atoms with van der Waals surface area (Å²) in [5.41, 5.74) is 2.06. The Balaban J connectivity index is 1.70. The van der Waals surface area contributed by atoms with E-state index in [0.717, 1.165) is 10.1 Å². The molecule has 1 N–H and O–H groups in total. The van der Waals surface area contributed by atoms with Gasteiger partial charge in [-0.05, 0) is 35.7 Å². The molecule has 1 aliphatic rings. The van der Waals surface area contributed by atoms with Gasteiger partial charge in [0.1, 0.15) is 0 Å². The first-order chi connectivity index (χ1) is 14.0. The normalized spacial score (nSPS) is 16.6. The number of pyridine rings is 1. The number of halogens is 2. The Morgan fingerprint density at radius 1 is 0.966 bits per heavy atom. The van der Waals surface area contributed by atoms with Crippen LogP contribution >= 0.6 is 11.6 Å². The summed E-state index contributed by atoms with van der Waals surface area (Å²) in [5.74, 6) is -1.77. The molecule has 0 spiro atoms. The van der Waals surface area contributed by atoms with Gasteiger partial charge in [0.05, 0.1) is 16.6 Å². The molecule has 2 aromatic carbocycles. The second-order valence-electron chi connectivity index (χ2n) is 6.78. The zero-order valence-electron chi connectivity index (χ0n) is 15.2. The Morgan fingerprint density at radius 3 is 2.38 bits per heavy atom. The van der Waals surface area contributed by atoms with Crippen molar-refractivity contribution in [2.45, 2.75) is 18.8 Å². The van der Waals surface area contributed by atoms with Crippen LogP contribution < -0.4 is 10.9 Å². The highest BCUT2D eigenvalue weighted by Crippen LogP contribution is 2.37. The van der Waals surface area contributed by atoms with Crippen molar-refractivity contribution in [3.05, 3.63) is 87.6 Å². The highest BCUT2D eigenvalue weighted by Gasteiger charge is 2.30. The predicted molar refractivity (Wildman–Crippen MR) is 108 cm³/mol. The van der Waals surface area contributed by atoms with Gasteiger partial charge < -0.3 is 0 Å². The first-order valence-electron chi connectivity index (χ1n) is 9.06. The molecule has 1 aliphatic heterocycles. The molecule has 0 aliphatic carbocycles. The van der Waals surface area contributed by atoms with Crippen LogP contribution in [0.3, 0.4) is 0 Å². The molecule has 0 saturated carbocycles. The smallest absolute Gasteiger partial charge is 0.257 e. The van der Waals surface area contributed by atoms with E-state index in [4.69, 9.17) is 11.6 Å². The first-order valence-corrected chi connectivity index (χ1v) is 9.44. The van der Waals surface area contributed by atoms with Crippen molar-refractivity contribution in [3.8, 4) is 16.8 Å². The Bertz CT molecular complexity index is 1170. The number of carbonyl (C=O) groups is 2. The molecule has 5 nitrogen and oxygen atoms in total. The molecule has 1 atom stereocenters. The number of imide groups is 1. The minimum atomic E-state index is -0.650. The number of carbonyl (C=O) groups excluding carboxylic acids is 2. The van der Waals surface area contributed by atoms with E-state index < -0.39 is 17.4 Å². The van der Waals surface area contributed by atoms with Crippen molar-refractivity contribution in [2.24, 2.45) is 0 Å². The standard InChI is InChI=1S/C22H16ClFN2O3/c23-21-15(3-1-4-16(21)17-11-12-19(27)25-22(17)29)13-7-9-14(10-8-13)26-18(24)5-2-6-20(26)28/h1-10,17H,11-12H2,(H,25,27,29). The Kier molecular flexibility index (Phi) is 5.03. The number of nitrogens with one attached hydrogen (secondary N) is 1. The zero-order valence-corrected chi connectivity index (χ0v) is 15.9. The van der Waals surface area contributed by atoms with Crippen LogP contribution in [0.5, 0.6) is 0 Å². The van der Waals surface area contributed by atoms with Crippen LogP contribution in [0.25, 0.3) is 16.8 Å². The van der Waals surface area contributed by atoms with E-state index in [1.165, 1.54) is 18.2 Å². The van der Waals surface area contributed by atoms with Gasteiger partial charge in [0.2, 0.25) is 17.8 Å². The molecule has 4 rings (SSSR count). The molecule has 0 bridgehead atoms. The number of rotatable bonds is 3. The fraction of sp³-hybridized carbons (Fsp3) is 0.136. The van der Waals surface area contributed by atoms with E-state index >= 15 is 0 Å². The summed E-state index contributed by atoms with van der Waals surface area (Å²) >= 11 is 6.61. The number of piperidine rings is 1. The number of hydrogen-bond donors (Lipinski definition) is 1. The predicted octanol–water partition coefficient (Wildman–Crippen LogP) is 3.82. The van der Waals surface area contributed by atoms with Crippen molar-refractivity contribution in [1.82, 2.24) is 9.88 Å². The van der Waals surface area contributed by atoms with E-state index in [9.17, 15) is 18.8 Å². The quantitative estimate of drug-likeness (QED) is 0.527. The molecule has 146 valence electrons. The van der Waals surface area contributed by atoms with Crippen molar-refractivity contribution in [2.75, 3.05) is 0 Å². The zero-order chi connectivity index (χ0) is 20.5. The summed E-state index contributed by atoms with van der Waals surface area (Å²) < 4.78 is 15.0. The average molecular weight is 411 g/mol. The van der Waals surface area contributed by atoms with Gasteiger partial charge in [-0.25, -0.2) is 0 Å². The fourth-order valence-electron chi connectivity index (χ4n) is 3.54. The molecule has 2 heterocycles. The molecule has 1 saturated heterocycles. The molecular formula is C22H16ClFN2O3. The maximum Gasteiger partial charge on any atom is 0.257 e. The van der Waals surface area contributed by atoms with Gasteiger partial charge in [-0.15, -0.1) is 0 Å². The number of aromatic nitrogens is 1. The van der Waals surface area contributed by atoms with Crippen LogP contribution in [0.15, 0.2) is 65.5 Å². The van der Waals surface area contributed by atoms with E-state index in [0.29, 0.717) is 28.3 Å². The highest BCUT2D eigenvalue weighted by molar-refractivity contribution is 6.34. The average Bonchev–Trinajstić information content (AvgIpc) is 2.69. The summed E-state index contributed by atoms with van der Waals surface area (Å²) in [7, 11) is 0. The molecule has 29 heavy (non-hydrogen) atoms. The van der Waals surface area contributed by atoms with Crippen molar-refractivity contribution >= 4 is 23.4 Å². The maximum absolute atomic E-state index is 14.0. The number of amides is 2. The van der Waals surface area contributed by atoms with Gasteiger partial charge in [0.15, 0.2) is 0 Å². The van der Waals surface area contributed by atoms with E-state index in [-0.39, 0.29) is 18.2 Å². The largest absolute Gasteiger partial charge is 0.296 e. The summed E-state index contributed by atoms with van der Waals surface area (Å²) in [6.45, 7) is 0. The van der Waals surface area contributed by atoms with Crippen LogP contribution in [0.1, 0.15) is 24.3 Å². The van der Waals surface area contributed by atoms with Gasteiger partial charge in [0.25, 0.3) is 5.56 Å². The van der Waals surface area contributed by atoms with Gasteiger partial charge in [0, 0.05) is 18.1 Å².